The molecule has 170 valence electrons. The summed E-state index contributed by atoms with van der Waals surface area (Å²) in [4.78, 5) is 21.0. The van der Waals surface area contributed by atoms with Gasteiger partial charge in [0, 0.05) is 62.0 Å². The van der Waals surface area contributed by atoms with Crippen molar-refractivity contribution < 1.29 is 4.79 Å². The number of fused-ring (bicyclic) bond motifs is 1. The van der Waals surface area contributed by atoms with Crippen LogP contribution in [0.4, 0.5) is 0 Å². The summed E-state index contributed by atoms with van der Waals surface area (Å²) in [7, 11) is 0. The molecule has 0 radical (unpaired) electrons. The van der Waals surface area contributed by atoms with E-state index in [1.807, 2.05) is 65.6 Å². The number of nitrogens with zero attached hydrogens (tertiary/aromatic N) is 5. The van der Waals surface area contributed by atoms with Gasteiger partial charge >= 0.3 is 0 Å². The highest BCUT2D eigenvalue weighted by atomic mass is 35.5. The molecule has 0 bridgehead atoms. The number of nitriles is 1. The van der Waals surface area contributed by atoms with E-state index < -0.39 is 0 Å². The molecule has 34 heavy (non-hydrogen) atoms. The van der Waals surface area contributed by atoms with E-state index in [2.05, 4.69) is 21.6 Å². The molecule has 2 aromatic carbocycles. The van der Waals surface area contributed by atoms with Crippen LogP contribution in [0.25, 0.3) is 28.0 Å². The lowest BCUT2D eigenvalue weighted by Crippen LogP contribution is -2.47. The number of hydrogen-bond donors (Lipinski definition) is 0. The fourth-order valence-corrected chi connectivity index (χ4v) is 4.63. The number of carbonyl (C=O) groups is 1. The van der Waals surface area contributed by atoms with E-state index in [9.17, 15) is 10.1 Å². The largest absolute Gasteiger partial charge is 0.340 e. The molecule has 4 aromatic rings. The van der Waals surface area contributed by atoms with Gasteiger partial charge in [-0.3, -0.25) is 9.69 Å². The van der Waals surface area contributed by atoms with Crippen LogP contribution in [0.15, 0.2) is 66.9 Å². The first-order valence-electron chi connectivity index (χ1n) is 11.3. The molecule has 1 aliphatic heterocycles. The molecule has 1 saturated heterocycles. The van der Waals surface area contributed by atoms with Crippen LogP contribution in [0, 0.1) is 11.3 Å². The van der Waals surface area contributed by atoms with Gasteiger partial charge in [-0.25, -0.2) is 4.98 Å². The third kappa shape index (κ3) is 4.28. The normalized spacial score (nSPS) is 14.3. The van der Waals surface area contributed by atoms with Gasteiger partial charge in [0.15, 0.2) is 0 Å². The van der Waals surface area contributed by atoms with Gasteiger partial charge < -0.3 is 9.30 Å². The highest BCUT2D eigenvalue weighted by Gasteiger charge is 2.22. The number of pyridine rings is 1. The lowest BCUT2D eigenvalue weighted by molar-refractivity contribution is -0.130. The predicted octanol–water partition coefficient (Wildman–Crippen LogP) is 4.86. The summed E-state index contributed by atoms with van der Waals surface area (Å²) in [5, 5.41) is 10.3. The van der Waals surface area contributed by atoms with Crippen LogP contribution in [-0.4, -0.2) is 51.3 Å². The standard InChI is InChI=1S/C27H24ClN5O/c1-19(34)32-14-12-31(13-15-32)18-25-27(20-6-9-23(28)10-7-20)30-26-11-8-22(17-33(25)26)24-5-3-2-4-21(24)16-29/h2-11,17H,12-15,18H2,1H3. The molecule has 0 saturated carbocycles. The molecule has 5 rings (SSSR count). The topological polar surface area (TPSA) is 64.6 Å². The van der Waals surface area contributed by atoms with Gasteiger partial charge in [-0.2, -0.15) is 5.26 Å². The number of hydrogen-bond acceptors (Lipinski definition) is 4. The molecular weight excluding hydrogens is 446 g/mol. The van der Waals surface area contributed by atoms with E-state index in [4.69, 9.17) is 16.6 Å². The minimum absolute atomic E-state index is 0.122. The molecule has 1 amide bonds. The monoisotopic (exact) mass is 469 g/mol. The number of piperazine rings is 1. The average molecular weight is 470 g/mol. The molecule has 1 fully saturated rings. The first-order valence-corrected chi connectivity index (χ1v) is 11.7. The Hall–Kier alpha value is -3.66. The number of benzene rings is 2. The summed E-state index contributed by atoms with van der Waals surface area (Å²) in [6.45, 7) is 5.40. The number of rotatable bonds is 4. The Morgan fingerprint density at radius 1 is 1.00 bits per heavy atom. The van der Waals surface area contributed by atoms with Crippen molar-refractivity contribution >= 4 is 23.2 Å². The highest BCUT2D eigenvalue weighted by molar-refractivity contribution is 6.30. The van der Waals surface area contributed by atoms with Gasteiger partial charge in [-0.05, 0) is 35.9 Å². The van der Waals surface area contributed by atoms with Crippen molar-refractivity contribution in [1.82, 2.24) is 19.2 Å². The zero-order valence-corrected chi connectivity index (χ0v) is 19.7. The maximum absolute atomic E-state index is 11.7. The van der Waals surface area contributed by atoms with Crippen molar-refractivity contribution in [1.29, 1.82) is 5.26 Å². The summed E-state index contributed by atoms with van der Waals surface area (Å²) in [5.74, 6) is 0.122. The second-order valence-electron chi connectivity index (χ2n) is 8.50. The zero-order chi connectivity index (χ0) is 23.7. The Balaban J connectivity index is 1.59. The van der Waals surface area contributed by atoms with Crippen molar-refractivity contribution in [3.05, 3.63) is 83.1 Å². The van der Waals surface area contributed by atoms with Crippen molar-refractivity contribution in [3.63, 3.8) is 0 Å². The van der Waals surface area contributed by atoms with Crippen LogP contribution in [-0.2, 0) is 11.3 Å². The van der Waals surface area contributed by atoms with Gasteiger partial charge in [-0.1, -0.05) is 41.9 Å². The summed E-state index contributed by atoms with van der Waals surface area (Å²) in [6, 6.07) is 21.7. The highest BCUT2D eigenvalue weighted by Crippen LogP contribution is 2.30. The summed E-state index contributed by atoms with van der Waals surface area (Å²) in [6.07, 6.45) is 2.07. The molecule has 0 spiro atoms. The van der Waals surface area contributed by atoms with E-state index in [1.165, 1.54) is 0 Å². The SMILES string of the molecule is CC(=O)N1CCN(Cc2c(-c3ccc(Cl)cc3)nc3ccc(-c4ccccc4C#N)cn23)CC1. The van der Waals surface area contributed by atoms with Gasteiger partial charge in [-0.15, -0.1) is 0 Å². The van der Waals surface area contributed by atoms with E-state index in [-0.39, 0.29) is 5.91 Å². The third-order valence-corrected chi connectivity index (χ3v) is 6.64. The predicted molar refractivity (Wildman–Crippen MR) is 133 cm³/mol. The Labute approximate surface area is 203 Å². The molecule has 3 heterocycles. The average Bonchev–Trinajstić information content (AvgIpc) is 3.22. The lowest BCUT2D eigenvalue weighted by Gasteiger charge is -2.34. The van der Waals surface area contributed by atoms with E-state index in [0.717, 1.165) is 59.9 Å². The Morgan fingerprint density at radius 2 is 1.71 bits per heavy atom. The van der Waals surface area contributed by atoms with E-state index in [1.54, 1.807) is 6.92 Å². The Kier molecular flexibility index (Phi) is 6.06. The molecule has 0 aliphatic carbocycles. The van der Waals surface area contributed by atoms with Crippen LogP contribution in [0.3, 0.4) is 0 Å². The van der Waals surface area contributed by atoms with Crippen molar-refractivity contribution in [2.75, 3.05) is 26.2 Å². The molecule has 0 unspecified atom stereocenters. The van der Waals surface area contributed by atoms with Crippen LogP contribution in [0.5, 0.6) is 0 Å². The van der Waals surface area contributed by atoms with Crippen LogP contribution < -0.4 is 0 Å². The fraction of sp³-hybridized carbons (Fsp3) is 0.222. The molecule has 6 nitrogen and oxygen atoms in total. The maximum atomic E-state index is 11.7. The number of halogens is 1. The van der Waals surface area contributed by atoms with E-state index >= 15 is 0 Å². The van der Waals surface area contributed by atoms with Gasteiger partial charge in [0.05, 0.1) is 23.0 Å². The Morgan fingerprint density at radius 3 is 2.41 bits per heavy atom. The molecule has 7 heteroatoms. The second-order valence-corrected chi connectivity index (χ2v) is 8.94. The van der Waals surface area contributed by atoms with Gasteiger partial charge in [0.25, 0.3) is 0 Å². The van der Waals surface area contributed by atoms with Crippen LogP contribution in [0.2, 0.25) is 5.02 Å². The van der Waals surface area contributed by atoms with Crippen LogP contribution in [0.1, 0.15) is 18.2 Å². The smallest absolute Gasteiger partial charge is 0.219 e. The minimum atomic E-state index is 0.122. The second kappa shape index (κ2) is 9.30. The van der Waals surface area contributed by atoms with Crippen molar-refractivity contribution in [2.45, 2.75) is 13.5 Å². The third-order valence-electron chi connectivity index (χ3n) is 6.38. The van der Waals surface area contributed by atoms with Crippen molar-refractivity contribution in [3.8, 4) is 28.5 Å². The molecular formula is C27H24ClN5O. The first kappa shape index (κ1) is 22.1. The lowest BCUT2D eigenvalue weighted by atomic mass is 10.0. The molecule has 2 aromatic heterocycles. The molecule has 0 atom stereocenters. The molecule has 0 N–H and O–H groups in total. The van der Waals surface area contributed by atoms with E-state index in [0.29, 0.717) is 17.1 Å². The van der Waals surface area contributed by atoms with Crippen LogP contribution >= 0.6 is 11.6 Å². The zero-order valence-electron chi connectivity index (χ0n) is 18.9. The Bertz CT molecular complexity index is 1400. The van der Waals surface area contributed by atoms with Gasteiger partial charge in [0.2, 0.25) is 5.91 Å². The maximum Gasteiger partial charge on any atom is 0.219 e. The fourth-order valence-electron chi connectivity index (χ4n) is 4.51. The van der Waals surface area contributed by atoms with Gasteiger partial charge in [0.1, 0.15) is 5.65 Å². The number of amides is 1. The molecule has 1 aliphatic rings. The summed E-state index contributed by atoms with van der Waals surface area (Å²) in [5.41, 5.74) is 6.34. The number of imidazole rings is 1. The number of aromatic nitrogens is 2. The number of carbonyl (C=O) groups excluding carboxylic acids is 1. The first-order chi connectivity index (χ1) is 16.5. The quantitative estimate of drug-likeness (QED) is 0.428. The summed E-state index contributed by atoms with van der Waals surface area (Å²) >= 11 is 6.14. The summed E-state index contributed by atoms with van der Waals surface area (Å²) < 4.78 is 2.13. The minimum Gasteiger partial charge on any atom is -0.340 e. The van der Waals surface area contributed by atoms with Crippen molar-refractivity contribution in [2.24, 2.45) is 0 Å².